The summed E-state index contributed by atoms with van der Waals surface area (Å²) in [6.07, 6.45) is 0. The van der Waals surface area contributed by atoms with Crippen molar-refractivity contribution in [3.05, 3.63) is 29.8 Å². The predicted molar refractivity (Wildman–Crippen MR) is 56.3 cm³/mol. The zero-order chi connectivity index (χ0) is 9.97. The number of para-hydroxylation sites is 1. The van der Waals surface area contributed by atoms with Crippen LogP contribution in [0.2, 0.25) is 0 Å². The van der Waals surface area contributed by atoms with Crippen molar-refractivity contribution in [1.29, 1.82) is 0 Å². The van der Waals surface area contributed by atoms with Crippen molar-refractivity contribution in [2.75, 3.05) is 19.6 Å². The minimum absolute atomic E-state index is 0.362. The first kappa shape index (κ1) is 9.49. The van der Waals surface area contributed by atoms with E-state index >= 15 is 0 Å². The van der Waals surface area contributed by atoms with Gasteiger partial charge in [-0.15, -0.1) is 0 Å². The van der Waals surface area contributed by atoms with Crippen LogP contribution in [0.15, 0.2) is 24.3 Å². The fourth-order valence-corrected chi connectivity index (χ4v) is 2.15. The topological polar surface area (TPSA) is 58.3 Å². The molecule has 2 atom stereocenters. The van der Waals surface area contributed by atoms with E-state index in [1.807, 2.05) is 18.2 Å². The largest absolute Gasteiger partial charge is 0.508 e. The van der Waals surface area contributed by atoms with Gasteiger partial charge in [0, 0.05) is 12.5 Å². The van der Waals surface area contributed by atoms with Crippen molar-refractivity contribution < 1.29 is 5.11 Å². The zero-order valence-corrected chi connectivity index (χ0v) is 8.11. The van der Waals surface area contributed by atoms with Crippen molar-refractivity contribution >= 4 is 0 Å². The summed E-state index contributed by atoms with van der Waals surface area (Å²) in [5.41, 5.74) is 6.71. The molecule has 1 fully saturated rings. The Balaban J connectivity index is 2.26. The lowest BCUT2D eigenvalue weighted by Crippen LogP contribution is -2.21. The monoisotopic (exact) mass is 192 g/mol. The number of aromatic hydroxyl groups is 1. The number of hydrogen-bond acceptors (Lipinski definition) is 3. The van der Waals surface area contributed by atoms with E-state index in [0.29, 0.717) is 24.1 Å². The molecule has 0 spiro atoms. The molecular formula is C11H16N2O. The molecule has 0 bridgehead atoms. The van der Waals surface area contributed by atoms with Gasteiger partial charge in [-0.05, 0) is 30.6 Å². The maximum absolute atomic E-state index is 9.72. The molecule has 2 unspecified atom stereocenters. The van der Waals surface area contributed by atoms with Gasteiger partial charge in [-0.2, -0.15) is 0 Å². The molecule has 1 aliphatic heterocycles. The Labute approximate surface area is 83.9 Å². The van der Waals surface area contributed by atoms with Gasteiger partial charge in [0.05, 0.1) is 0 Å². The molecule has 4 N–H and O–H groups in total. The Kier molecular flexibility index (Phi) is 2.70. The minimum Gasteiger partial charge on any atom is -0.508 e. The van der Waals surface area contributed by atoms with Gasteiger partial charge in [0.2, 0.25) is 0 Å². The summed E-state index contributed by atoms with van der Waals surface area (Å²) < 4.78 is 0. The highest BCUT2D eigenvalue weighted by Crippen LogP contribution is 2.32. The first-order valence-corrected chi connectivity index (χ1v) is 5.01. The van der Waals surface area contributed by atoms with E-state index in [2.05, 4.69) is 5.32 Å². The van der Waals surface area contributed by atoms with Crippen molar-refractivity contribution in [3.8, 4) is 5.75 Å². The Morgan fingerprint density at radius 3 is 2.86 bits per heavy atom. The van der Waals surface area contributed by atoms with Crippen LogP contribution >= 0.6 is 0 Å². The third-order valence-corrected chi connectivity index (χ3v) is 2.98. The molecule has 0 saturated carbocycles. The maximum Gasteiger partial charge on any atom is 0.119 e. The zero-order valence-electron chi connectivity index (χ0n) is 8.11. The second kappa shape index (κ2) is 3.98. The van der Waals surface area contributed by atoms with E-state index in [1.54, 1.807) is 6.07 Å². The molecule has 1 aromatic rings. The highest BCUT2D eigenvalue weighted by Gasteiger charge is 2.28. The molecule has 1 aromatic carbocycles. The third kappa shape index (κ3) is 1.61. The Hall–Kier alpha value is -1.06. The van der Waals surface area contributed by atoms with Crippen LogP contribution in [0.3, 0.4) is 0 Å². The van der Waals surface area contributed by atoms with Gasteiger partial charge in [-0.25, -0.2) is 0 Å². The van der Waals surface area contributed by atoms with Crippen LogP contribution < -0.4 is 11.1 Å². The van der Waals surface area contributed by atoms with Crippen molar-refractivity contribution in [3.63, 3.8) is 0 Å². The molecule has 0 amide bonds. The second-order valence-electron chi connectivity index (χ2n) is 3.82. The fourth-order valence-electron chi connectivity index (χ4n) is 2.15. The lowest BCUT2D eigenvalue weighted by molar-refractivity contribution is 0.447. The van der Waals surface area contributed by atoms with E-state index in [4.69, 9.17) is 5.73 Å². The molecular weight excluding hydrogens is 176 g/mol. The quantitative estimate of drug-likeness (QED) is 0.645. The SMILES string of the molecule is NCC1CNCC1c1ccccc1O. The molecule has 14 heavy (non-hydrogen) atoms. The first-order chi connectivity index (χ1) is 6.83. The second-order valence-corrected chi connectivity index (χ2v) is 3.82. The number of phenols is 1. The molecule has 1 saturated heterocycles. The summed E-state index contributed by atoms with van der Waals surface area (Å²) in [5, 5.41) is 13.0. The summed E-state index contributed by atoms with van der Waals surface area (Å²) in [7, 11) is 0. The molecule has 3 nitrogen and oxygen atoms in total. The summed E-state index contributed by atoms with van der Waals surface area (Å²) in [6.45, 7) is 2.54. The molecule has 0 aliphatic carbocycles. The van der Waals surface area contributed by atoms with Gasteiger partial charge in [0.15, 0.2) is 0 Å². The standard InChI is InChI=1S/C11H16N2O/c12-5-8-6-13-7-10(8)9-3-1-2-4-11(9)14/h1-4,8,10,13-14H,5-7,12H2. The van der Waals surface area contributed by atoms with Gasteiger partial charge < -0.3 is 16.2 Å². The highest BCUT2D eigenvalue weighted by atomic mass is 16.3. The molecule has 1 aliphatic rings. The number of nitrogens with one attached hydrogen (secondary N) is 1. The van der Waals surface area contributed by atoms with Crippen LogP contribution in [0.25, 0.3) is 0 Å². The molecule has 76 valence electrons. The molecule has 0 radical (unpaired) electrons. The van der Waals surface area contributed by atoms with Crippen molar-refractivity contribution in [2.24, 2.45) is 11.7 Å². The predicted octanol–water partition coefficient (Wildman–Crippen LogP) is 0.654. The van der Waals surface area contributed by atoms with Crippen LogP contribution in [0.5, 0.6) is 5.75 Å². The lowest BCUT2D eigenvalue weighted by Gasteiger charge is -2.17. The molecule has 3 heteroatoms. The lowest BCUT2D eigenvalue weighted by atomic mass is 9.88. The van der Waals surface area contributed by atoms with Crippen LogP contribution in [0.4, 0.5) is 0 Å². The Morgan fingerprint density at radius 2 is 2.14 bits per heavy atom. The molecule has 1 heterocycles. The molecule has 0 aromatic heterocycles. The van der Waals surface area contributed by atoms with Crippen molar-refractivity contribution in [2.45, 2.75) is 5.92 Å². The number of rotatable bonds is 2. The highest BCUT2D eigenvalue weighted by molar-refractivity contribution is 5.36. The van der Waals surface area contributed by atoms with Crippen LogP contribution in [0.1, 0.15) is 11.5 Å². The average molecular weight is 192 g/mol. The number of benzene rings is 1. The van der Waals surface area contributed by atoms with Gasteiger partial charge >= 0.3 is 0 Å². The van der Waals surface area contributed by atoms with E-state index in [1.165, 1.54) is 0 Å². The van der Waals surface area contributed by atoms with Gasteiger partial charge in [0.25, 0.3) is 0 Å². The summed E-state index contributed by atoms with van der Waals surface area (Å²) in [5.74, 6) is 1.20. The first-order valence-electron chi connectivity index (χ1n) is 5.01. The van der Waals surface area contributed by atoms with Gasteiger partial charge in [-0.3, -0.25) is 0 Å². The van der Waals surface area contributed by atoms with E-state index in [-0.39, 0.29) is 0 Å². The normalized spacial score (nSPS) is 26.6. The number of hydrogen-bond donors (Lipinski definition) is 3. The smallest absolute Gasteiger partial charge is 0.119 e. The van der Waals surface area contributed by atoms with Crippen molar-refractivity contribution in [1.82, 2.24) is 5.32 Å². The van der Waals surface area contributed by atoms with E-state index < -0.39 is 0 Å². The fraction of sp³-hybridized carbons (Fsp3) is 0.455. The molecule has 2 rings (SSSR count). The Bertz CT molecular complexity index is 314. The summed E-state index contributed by atoms with van der Waals surface area (Å²) in [4.78, 5) is 0. The average Bonchev–Trinajstić information content (AvgIpc) is 2.66. The minimum atomic E-state index is 0.362. The number of phenolic OH excluding ortho intramolecular Hbond substituents is 1. The Morgan fingerprint density at radius 1 is 1.36 bits per heavy atom. The third-order valence-electron chi connectivity index (χ3n) is 2.98. The van der Waals surface area contributed by atoms with E-state index in [9.17, 15) is 5.11 Å². The number of nitrogens with two attached hydrogens (primary N) is 1. The van der Waals surface area contributed by atoms with Crippen LogP contribution in [-0.4, -0.2) is 24.7 Å². The summed E-state index contributed by atoms with van der Waals surface area (Å²) in [6, 6.07) is 7.52. The van der Waals surface area contributed by atoms with Crippen LogP contribution in [-0.2, 0) is 0 Å². The van der Waals surface area contributed by atoms with Gasteiger partial charge in [0.1, 0.15) is 5.75 Å². The maximum atomic E-state index is 9.72. The van der Waals surface area contributed by atoms with E-state index in [0.717, 1.165) is 18.7 Å². The van der Waals surface area contributed by atoms with Crippen LogP contribution in [0, 0.1) is 5.92 Å². The van der Waals surface area contributed by atoms with Gasteiger partial charge in [-0.1, -0.05) is 18.2 Å². The summed E-state index contributed by atoms with van der Waals surface area (Å²) >= 11 is 0.